The number of carbonyl (C=O) groups is 3. The Kier molecular flexibility index (Phi) is 15.2. The maximum Gasteiger partial charge on any atom is 0.433 e. The zero-order valence-corrected chi connectivity index (χ0v) is 37.3. The fourth-order valence-corrected chi connectivity index (χ4v) is 6.48. The summed E-state index contributed by atoms with van der Waals surface area (Å²) in [5.41, 5.74) is 0.251. The van der Waals surface area contributed by atoms with Gasteiger partial charge in [-0.25, -0.2) is 34.3 Å². The van der Waals surface area contributed by atoms with E-state index < -0.39 is 35.7 Å². The van der Waals surface area contributed by atoms with E-state index in [1.807, 2.05) is 18.2 Å². The number of hydrogen-bond acceptors (Lipinski definition) is 12. The van der Waals surface area contributed by atoms with E-state index in [1.165, 1.54) is 92.1 Å². The van der Waals surface area contributed by atoms with E-state index in [0.29, 0.717) is 28.2 Å². The third kappa shape index (κ3) is 12.9. The van der Waals surface area contributed by atoms with Crippen LogP contribution in [0.25, 0.3) is 32.7 Å². The molecule has 0 saturated heterocycles. The molecule has 9 aromatic rings. The van der Waals surface area contributed by atoms with Crippen LogP contribution in [-0.2, 0) is 12.4 Å². The zero-order chi connectivity index (χ0) is 49.8. The molecule has 0 atom stereocenters. The summed E-state index contributed by atoms with van der Waals surface area (Å²) in [6.45, 7) is 0. The minimum Gasteiger partial charge on any atom is -0.307 e. The average Bonchev–Trinajstić information content (AvgIpc) is 3.34. The highest BCUT2D eigenvalue weighted by molar-refractivity contribution is 9.10. The van der Waals surface area contributed by atoms with Crippen LogP contribution in [0.1, 0.15) is 11.3 Å². The Morgan fingerprint density at radius 1 is 0.514 bits per heavy atom. The van der Waals surface area contributed by atoms with Gasteiger partial charge in [0.2, 0.25) is 0 Å². The maximum absolute atomic E-state index is 13.0. The van der Waals surface area contributed by atoms with Crippen LogP contribution in [0.2, 0.25) is 0 Å². The molecule has 18 nitrogen and oxygen atoms in total. The standard InChI is InChI=1S/C16H12F3N5O.C15H10F3N5O.C14H10BrN5O/c1-24(14-9-20-6-7-22-14)15(25)23-13-4-5-21-12-3-2-10(8-11(12)13)16(17,18)19;16-15(17,18)12-7-11(9-3-1-2-4-10(9)21-12)22-14(24)23-13-8-19-5-6-20-13;15-9-1-2-11-10(7-9)12(3-4-17-11)19-14(21)20-13-8-16-5-6-18-13/h2-9H,1H3,(H,21,23,25);1-8H,(H2,20,21,22,23,24);1-8H,(H2,17,18,19,20,21). The molecule has 25 heteroatoms. The number of anilines is 6. The lowest BCUT2D eigenvalue weighted by Crippen LogP contribution is -2.31. The molecule has 0 bridgehead atoms. The van der Waals surface area contributed by atoms with Crippen LogP contribution in [-0.4, -0.2) is 70.0 Å². The zero-order valence-electron chi connectivity index (χ0n) is 35.7. The summed E-state index contributed by atoms with van der Waals surface area (Å²) >= 11 is 3.41. The molecule has 0 aliphatic heterocycles. The van der Waals surface area contributed by atoms with Crippen LogP contribution in [0, 0.1) is 0 Å². The largest absolute Gasteiger partial charge is 0.433 e. The second-order valence-electron chi connectivity index (χ2n) is 14.1. The van der Waals surface area contributed by atoms with Gasteiger partial charge in [0.25, 0.3) is 0 Å². The quantitative estimate of drug-likeness (QED) is 0.0980. The molecule has 0 radical (unpaired) electrons. The van der Waals surface area contributed by atoms with Crippen LogP contribution >= 0.6 is 15.9 Å². The van der Waals surface area contributed by atoms with Crippen molar-refractivity contribution in [1.82, 2.24) is 44.9 Å². The number of aromatic nitrogens is 9. The number of alkyl halides is 6. The summed E-state index contributed by atoms with van der Waals surface area (Å²) < 4.78 is 78.6. The number of amides is 6. The van der Waals surface area contributed by atoms with Crippen molar-refractivity contribution in [2.75, 3.05) is 38.5 Å². The Balaban J connectivity index is 0.000000155. The first kappa shape index (κ1) is 48.9. The number of hydrogen-bond donors (Lipinski definition) is 5. The van der Waals surface area contributed by atoms with Crippen molar-refractivity contribution in [2.24, 2.45) is 0 Å². The van der Waals surface area contributed by atoms with Gasteiger partial charge in [-0.2, -0.15) is 26.3 Å². The number of benzene rings is 3. The number of urea groups is 3. The molecule has 5 N–H and O–H groups in total. The Labute approximate surface area is 399 Å². The average molecular weight is 1020 g/mol. The molecule has 354 valence electrons. The Hall–Kier alpha value is -9.00. The van der Waals surface area contributed by atoms with E-state index in [-0.39, 0.29) is 34.1 Å². The number of rotatable bonds is 6. The predicted molar refractivity (Wildman–Crippen MR) is 252 cm³/mol. The first-order chi connectivity index (χ1) is 33.5. The van der Waals surface area contributed by atoms with Gasteiger partial charge in [0.15, 0.2) is 17.5 Å². The van der Waals surface area contributed by atoms with Crippen molar-refractivity contribution >= 4 is 101 Å². The summed E-state index contributed by atoms with van der Waals surface area (Å²) in [6.07, 6.45) is 6.87. The number of nitrogens with one attached hydrogen (secondary N) is 5. The first-order valence-corrected chi connectivity index (χ1v) is 20.8. The summed E-state index contributed by atoms with van der Waals surface area (Å²) in [6, 6.07) is 17.4. The van der Waals surface area contributed by atoms with Gasteiger partial charge in [-0.1, -0.05) is 34.1 Å². The Bertz CT molecular complexity index is 3290. The number of fused-ring (bicyclic) bond motifs is 3. The van der Waals surface area contributed by atoms with Crippen LogP contribution < -0.4 is 31.5 Å². The smallest absolute Gasteiger partial charge is 0.307 e. The van der Waals surface area contributed by atoms with E-state index in [2.05, 4.69) is 87.4 Å². The van der Waals surface area contributed by atoms with E-state index in [9.17, 15) is 40.7 Å². The number of nitrogens with zero attached hydrogens (tertiary/aromatic N) is 10. The SMILES string of the molecule is CN(C(=O)Nc1ccnc2ccc(C(F)(F)F)cc12)c1cnccn1.O=C(Nc1cnccn1)Nc1cc(C(F)(F)F)nc2ccccc12.O=C(Nc1cnccn1)Nc1ccnc2ccc(Br)cc12. The molecular formula is C45H32BrF6N15O3. The summed E-state index contributed by atoms with van der Waals surface area (Å²) in [4.78, 5) is 72.7. The summed E-state index contributed by atoms with van der Waals surface area (Å²) in [5, 5.41) is 14.2. The minimum atomic E-state index is -4.62. The molecule has 6 heterocycles. The monoisotopic (exact) mass is 1020 g/mol. The van der Waals surface area contributed by atoms with Crippen LogP contribution in [0.3, 0.4) is 0 Å². The van der Waals surface area contributed by atoms with Gasteiger partial charge in [0, 0.05) is 77.3 Å². The molecule has 0 spiro atoms. The topological polar surface area (TPSA) is 231 Å². The van der Waals surface area contributed by atoms with Gasteiger partial charge in [-0.15, -0.1) is 0 Å². The van der Waals surface area contributed by atoms with E-state index >= 15 is 0 Å². The van der Waals surface area contributed by atoms with Crippen molar-refractivity contribution in [1.29, 1.82) is 0 Å². The van der Waals surface area contributed by atoms with Gasteiger partial charge in [0.05, 0.1) is 57.8 Å². The molecule has 0 aliphatic carbocycles. The van der Waals surface area contributed by atoms with E-state index in [1.54, 1.807) is 30.5 Å². The van der Waals surface area contributed by atoms with E-state index in [4.69, 9.17) is 0 Å². The highest BCUT2D eigenvalue weighted by Crippen LogP contribution is 2.35. The van der Waals surface area contributed by atoms with Crippen molar-refractivity contribution < 1.29 is 40.7 Å². The number of para-hydroxylation sites is 1. The number of pyridine rings is 3. The van der Waals surface area contributed by atoms with Crippen LogP contribution in [0.15, 0.2) is 152 Å². The fourth-order valence-electron chi connectivity index (χ4n) is 6.12. The minimum absolute atomic E-state index is 0.00526. The summed E-state index contributed by atoms with van der Waals surface area (Å²) in [7, 11) is 1.48. The third-order valence-corrected chi connectivity index (χ3v) is 9.82. The van der Waals surface area contributed by atoms with Crippen molar-refractivity contribution in [3.8, 4) is 0 Å². The lowest BCUT2D eigenvalue weighted by Gasteiger charge is -2.17. The summed E-state index contributed by atoms with van der Waals surface area (Å²) in [5.74, 6) is 0.855. The number of carbonyl (C=O) groups excluding carboxylic acids is 3. The number of halogens is 7. The Morgan fingerprint density at radius 2 is 1.07 bits per heavy atom. The van der Waals surface area contributed by atoms with Gasteiger partial charge < -0.3 is 16.0 Å². The fraction of sp³-hybridized carbons (Fsp3) is 0.0667. The highest BCUT2D eigenvalue weighted by atomic mass is 79.9. The normalized spacial score (nSPS) is 11.0. The molecular weight excluding hydrogens is 992 g/mol. The molecule has 0 aliphatic rings. The van der Waals surface area contributed by atoms with Crippen molar-refractivity contribution in [2.45, 2.75) is 12.4 Å². The highest BCUT2D eigenvalue weighted by Gasteiger charge is 2.34. The molecule has 6 amide bonds. The van der Waals surface area contributed by atoms with Gasteiger partial charge in [-0.05, 0) is 60.7 Å². The van der Waals surface area contributed by atoms with Crippen LogP contribution in [0.4, 0.5) is 75.2 Å². The van der Waals surface area contributed by atoms with Gasteiger partial charge in [-0.3, -0.25) is 40.5 Å². The molecule has 9 rings (SSSR count). The molecule has 6 aromatic heterocycles. The van der Waals surface area contributed by atoms with Gasteiger partial charge in [0.1, 0.15) is 5.69 Å². The van der Waals surface area contributed by atoms with Crippen molar-refractivity contribution in [3.63, 3.8) is 0 Å². The Morgan fingerprint density at radius 3 is 1.64 bits per heavy atom. The van der Waals surface area contributed by atoms with Crippen molar-refractivity contribution in [3.05, 3.63) is 163 Å². The predicted octanol–water partition coefficient (Wildman–Crippen LogP) is 10.8. The first-order valence-electron chi connectivity index (χ1n) is 20.0. The lowest BCUT2D eigenvalue weighted by atomic mass is 10.1. The lowest BCUT2D eigenvalue weighted by molar-refractivity contribution is -0.141. The molecule has 3 aromatic carbocycles. The maximum atomic E-state index is 13.0. The second-order valence-corrected chi connectivity index (χ2v) is 15.0. The molecule has 70 heavy (non-hydrogen) atoms. The molecule has 0 fully saturated rings. The van der Waals surface area contributed by atoms with Crippen LogP contribution in [0.5, 0.6) is 0 Å². The van der Waals surface area contributed by atoms with Gasteiger partial charge >= 0.3 is 30.4 Å². The second kappa shape index (κ2) is 21.7. The van der Waals surface area contributed by atoms with E-state index in [0.717, 1.165) is 33.6 Å². The third-order valence-electron chi connectivity index (χ3n) is 9.32. The molecule has 0 saturated carbocycles. The molecule has 0 unspecified atom stereocenters.